The summed E-state index contributed by atoms with van der Waals surface area (Å²) in [6.45, 7) is 0. The van der Waals surface area contributed by atoms with Crippen LogP contribution in [0.1, 0.15) is 0 Å². The molecule has 0 heterocycles. The molecule has 0 aromatic carbocycles. The maximum atomic E-state index is 0. The molecular weight excluding hydrogens is 496 g/mol. The van der Waals surface area contributed by atoms with E-state index in [-0.39, 0.29) is 95.9 Å². The van der Waals surface area contributed by atoms with Crippen molar-refractivity contribution in [3.05, 3.63) is 0 Å². The summed E-state index contributed by atoms with van der Waals surface area (Å²) in [4.78, 5) is 0. The Kier molecular flexibility index (Phi) is 1280. The van der Waals surface area contributed by atoms with Crippen LogP contribution in [0.25, 0.3) is 0 Å². The van der Waals surface area contributed by atoms with Crippen LogP contribution in [0.3, 0.4) is 0 Å². The minimum atomic E-state index is 0. The van der Waals surface area contributed by atoms with Gasteiger partial charge in [0.1, 0.15) is 0 Å². The summed E-state index contributed by atoms with van der Waals surface area (Å²) in [6, 6.07) is 0. The van der Waals surface area contributed by atoms with Gasteiger partial charge in [-0.2, -0.15) is 0 Å². The van der Waals surface area contributed by atoms with E-state index < -0.39 is 0 Å². The third-order valence-electron chi connectivity index (χ3n) is 0. The first kappa shape index (κ1) is 114. The Morgan fingerprint density at radius 3 is 0.429 bits per heavy atom. The normalized spacial score (nSPS) is 0. The molecule has 0 aromatic heterocycles. The van der Waals surface area contributed by atoms with E-state index in [0.717, 1.165) is 0 Å². The van der Waals surface area contributed by atoms with Crippen molar-refractivity contribution in [1.82, 2.24) is 0 Å². The van der Waals surface area contributed by atoms with Crippen LogP contribution in [0.2, 0.25) is 0 Å². The SMILES string of the molecule is [Al+3].[Al+3].[Au].[Au].[O-2].[O-2].[O-2]. The van der Waals surface area contributed by atoms with E-state index >= 15 is 0 Å². The van der Waals surface area contributed by atoms with Gasteiger partial charge in [0.25, 0.3) is 0 Å². The van der Waals surface area contributed by atoms with E-state index in [9.17, 15) is 0 Å². The number of rotatable bonds is 0. The summed E-state index contributed by atoms with van der Waals surface area (Å²) in [5, 5.41) is 0. The van der Waals surface area contributed by atoms with Gasteiger partial charge in [-0.15, -0.1) is 0 Å². The van der Waals surface area contributed by atoms with Crippen molar-refractivity contribution in [1.29, 1.82) is 0 Å². The monoisotopic (exact) mass is 496 g/mol. The van der Waals surface area contributed by atoms with Gasteiger partial charge in [-0.05, 0) is 0 Å². The van der Waals surface area contributed by atoms with Gasteiger partial charge in [0, 0.05) is 44.8 Å². The molecule has 0 aliphatic carbocycles. The van der Waals surface area contributed by atoms with Gasteiger partial charge in [0.2, 0.25) is 0 Å². The molecule has 2 radical (unpaired) electrons. The van der Waals surface area contributed by atoms with Crippen molar-refractivity contribution in [2.75, 3.05) is 0 Å². The van der Waals surface area contributed by atoms with E-state index in [1.807, 2.05) is 0 Å². The molecule has 0 aliphatic rings. The second-order valence-electron chi connectivity index (χ2n) is 0. The molecule has 0 aliphatic heterocycles. The maximum absolute atomic E-state index is 0. The van der Waals surface area contributed by atoms with Crippen molar-refractivity contribution < 1.29 is 61.2 Å². The Bertz CT molecular complexity index is 10.9. The van der Waals surface area contributed by atoms with Crippen LogP contribution in [-0.2, 0) is 61.2 Å². The fraction of sp³-hybridized carbons (Fsp3) is 0. The molecule has 7 heavy (non-hydrogen) atoms. The molecular formula is Al2Au2O3. The van der Waals surface area contributed by atoms with E-state index in [4.69, 9.17) is 0 Å². The first-order valence-electron chi connectivity index (χ1n) is 0. The molecule has 0 aromatic rings. The number of hydrogen-bond acceptors (Lipinski definition) is 0. The van der Waals surface area contributed by atoms with Gasteiger partial charge >= 0.3 is 34.7 Å². The molecule has 46 valence electrons. The molecule has 0 unspecified atom stereocenters. The van der Waals surface area contributed by atoms with Crippen molar-refractivity contribution >= 4 is 34.7 Å². The molecule has 0 saturated heterocycles. The predicted molar refractivity (Wildman–Crippen MR) is 13.6 cm³/mol. The minimum absolute atomic E-state index is 0. The molecule has 0 atom stereocenters. The molecule has 0 amide bonds. The van der Waals surface area contributed by atoms with Crippen LogP contribution in [0.4, 0.5) is 0 Å². The quantitative estimate of drug-likeness (QED) is 0.381. The van der Waals surface area contributed by atoms with Crippen LogP contribution in [0.5, 0.6) is 0 Å². The van der Waals surface area contributed by atoms with E-state index in [0.29, 0.717) is 0 Å². The fourth-order valence-corrected chi connectivity index (χ4v) is 0. The zero-order valence-electron chi connectivity index (χ0n) is 2.98. The molecule has 0 spiro atoms. The van der Waals surface area contributed by atoms with Gasteiger partial charge < -0.3 is 16.4 Å². The molecule has 0 bridgehead atoms. The second-order valence-corrected chi connectivity index (χ2v) is 0. The van der Waals surface area contributed by atoms with Crippen molar-refractivity contribution in [2.24, 2.45) is 0 Å². The average molecular weight is 496 g/mol. The van der Waals surface area contributed by atoms with E-state index in [1.165, 1.54) is 0 Å². The summed E-state index contributed by atoms with van der Waals surface area (Å²) >= 11 is 0. The zero-order chi connectivity index (χ0) is 0. The van der Waals surface area contributed by atoms with Crippen LogP contribution in [0, 0.1) is 0 Å². The maximum Gasteiger partial charge on any atom is 3.00 e. The fourth-order valence-electron chi connectivity index (χ4n) is 0. The Morgan fingerprint density at radius 2 is 0.429 bits per heavy atom. The Hall–Kier alpha value is 2.43. The van der Waals surface area contributed by atoms with E-state index in [1.54, 1.807) is 0 Å². The first-order chi connectivity index (χ1) is 0. The topological polar surface area (TPSA) is 85.5 Å². The Morgan fingerprint density at radius 1 is 0.429 bits per heavy atom. The van der Waals surface area contributed by atoms with Crippen LogP contribution >= 0.6 is 0 Å². The first-order valence-corrected chi connectivity index (χ1v) is 0. The Balaban J connectivity index is 0. The van der Waals surface area contributed by atoms with Gasteiger partial charge in [-0.1, -0.05) is 0 Å². The number of hydrogen-bond donors (Lipinski definition) is 0. The largest absolute Gasteiger partial charge is 3.00 e. The van der Waals surface area contributed by atoms with Crippen LogP contribution in [-0.4, -0.2) is 34.7 Å². The smallest absolute Gasteiger partial charge is 2.00 e. The second kappa shape index (κ2) is 79.0. The van der Waals surface area contributed by atoms with Crippen molar-refractivity contribution in [3.63, 3.8) is 0 Å². The molecule has 7 heteroatoms. The average Bonchev–Trinajstić information content (AvgIpc) is 0. The predicted octanol–water partition coefficient (Wildman–Crippen LogP) is -1.12. The van der Waals surface area contributed by atoms with E-state index in [2.05, 4.69) is 0 Å². The molecule has 0 N–H and O–H groups in total. The third-order valence-corrected chi connectivity index (χ3v) is 0. The molecule has 0 saturated carbocycles. The van der Waals surface area contributed by atoms with Crippen LogP contribution < -0.4 is 0 Å². The Labute approximate surface area is 94.8 Å². The molecule has 3 nitrogen and oxygen atoms in total. The van der Waals surface area contributed by atoms with Gasteiger partial charge in [-0.25, -0.2) is 0 Å². The van der Waals surface area contributed by atoms with Gasteiger partial charge in [0.15, 0.2) is 0 Å². The minimum Gasteiger partial charge on any atom is -2.00 e. The van der Waals surface area contributed by atoms with Gasteiger partial charge in [0.05, 0.1) is 0 Å². The summed E-state index contributed by atoms with van der Waals surface area (Å²) in [7, 11) is 0. The van der Waals surface area contributed by atoms with Crippen LogP contribution in [0.15, 0.2) is 0 Å². The van der Waals surface area contributed by atoms with Crippen molar-refractivity contribution in [2.45, 2.75) is 0 Å². The summed E-state index contributed by atoms with van der Waals surface area (Å²) in [5.41, 5.74) is 0. The van der Waals surface area contributed by atoms with Crippen molar-refractivity contribution in [3.8, 4) is 0 Å². The standard InChI is InChI=1S/2Al.2Au.3O/q2*+3;;;3*-2. The summed E-state index contributed by atoms with van der Waals surface area (Å²) < 4.78 is 0. The summed E-state index contributed by atoms with van der Waals surface area (Å²) in [6.07, 6.45) is 0. The third kappa shape index (κ3) is 59.1. The van der Waals surface area contributed by atoms with Gasteiger partial charge in [-0.3, -0.25) is 0 Å². The molecule has 0 rings (SSSR count). The summed E-state index contributed by atoms with van der Waals surface area (Å²) in [5.74, 6) is 0. The zero-order valence-corrected chi connectivity index (χ0v) is 9.62. The molecule has 0 fully saturated rings.